The SMILES string of the molecule is COc1ccc(C(=O)Oc2ccc3c(c2)OC(N)=C(C#N)C3c2ccc(C)o2)cc1. The Hall–Kier alpha value is -4.18. The summed E-state index contributed by atoms with van der Waals surface area (Å²) >= 11 is 0. The highest BCUT2D eigenvalue weighted by Crippen LogP contribution is 2.43. The Morgan fingerprint density at radius 1 is 1.10 bits per heavy atom. The lowest BCUT2D eigenvalue weighted by atomic mass is 9.87. The van der Waals surface area contributed by atoms with Crippen LogP contribution in [-0.4, -0.2) is 13.1 Å². The zero-order valence-electron chi connectivity index (χ0n) is 16.3. The summed E-state index contributed by atoms with van der Waals surface area (Å²) in [5.74, 6) is 1.60. The third-order valence-electron chi connectivity index (χ3n) is 4.77. The zero-order chi connectivity index (χ0) is 21.3. The number of methoxy groups -OCH3 is 1. The molecule has 2 aromatic carbocycles. The Morgan fingerprint density at radius 3 is 2.47 bits per heavy atom. The normalized spacial score (nSPS) is 15.0. The van der Waals surface area contributed by atoms with E-state index in [1.54, 1.807) is 55.6 Å². The Bertz CT molecular complexity index is 1190. The van der Waals surface area contributed by atoms with Crippen molar-refractivity contribution < 1.29 is 23.4 Å². The predicted octanol–water partition coefficient (Wildman–Crippen LogP) is 4.03. The van der Waals surface area contributed by atoms with Crippen LogP contribution in [0.15, 0.2) is 70.5 Å². The molecule has 7 heteroatoms. The highest BCUT2D eigenvalue weighted by molar-refractivity contribution is 5.91. The van der Waals surface area contributed by atoms with E-state index in [-0.39, 0.29) is 17.2 Å². The molecule has 0 bridgehead atoms. The van der Waals surface area contributed by atoms with Crippen LogP contribution in [0.2, 0.25) is 0 Å². The number of carbonyl (C=O) groups is 1. The molecule has 0 fully saturated rings. The van der Waals surface area contributed by atoms with Crippen LogP contribution in [0.3, 0.4) is 0 Å². The molecule has 1 atom stereocenters. The van der Waals surface area contributed by atoms with Gasteiger partial charge in [-0.3, -0.25) is 0 Å². The largest absolute Gasteiger partial charge is 0.497 e. The summed E-state index contributed by atoms with van der Waals surface area (Å²) in [7, 11) is 1.55. The van der Waals surface area contributed by atoms with Gasteiger partial charge in [0.25, 0.3) is 0 Å². The number of nitrogens with two attached hydrogens (primary N) is 1. The van der Waals surface area contributed by atoms with Gasteiger partial charge in [0.1, 0.15) is 40.4 Å². The van der Waals surface area contributed by atoms with Crippen molar-refractivity contribution in [1.82, 2.24) is 0 Å². The topological polar surface area (TPSA) is 108 Å². The lowest BCUT2D eigenvalue weighted by Crippen LogP contribution is -2.21. The summed E-state index contributed by atoms with van der Waals surface area (Å²) in [6.07, 6.45) is 0. The van der Waals surface area contributed by atoms with Gasteiger partial charge in [-0.15, -0.1) is 0 Å². The van der Waals surface area contributed by atoms with Gasteiger partial charge in [0.2, 0.25) is 5.88 Å². The maximum atomic E-state index is 12.4. The summed E-state index contributed by atoms with van der Waals surface area (Å²) in [6, 6.07) is 17.3. The van der Waals surface area contributed by atoms with Crippen molar-refractivity contribution in [2.24, 2.45) is 5.73 Å². The summed E-state index contributed by atoms with van der Waals surface area (Å²) in [5, 5.41) is 9.57. The Kier molecular flexibility index (Phi) is 4.90. The molecule has 1 aromatic heterocycles. The fourth-order valence-electron chi connectivity index (χ4n) is 3.29. The van der Waals surface area contributed by atoms with Crippen molar-refractivity contribution in [3.63, 3.8) is 0 Å². The molecule has 0 radical (unpaired) electrons. The van der Waals surface area contributed by atoms with Crippen LogP contribution in [0, 0.1) is 18.3 Å². The summed E-state index contributed by atoms with van der Waals surface area (Å²) < 4.78 is 21.9. The number of nitriles is 1. The number of hydrogen-bond donors (Lipinski definition) is 1. The number of fused-ring (bicyclic) bond motifs is 1. The molecule has 2 N–H and O–H groups in total. The fraction of sp³-hybridized carbons (Fsp3) is 0.130. The molecule has 3 aromatic rings. The second kappa shape index (κ2) is 7.68. The third kappa shape index (κ3) is 3.47. The van der Waals surface area contributed by atoms with Crippen LogP contribution in [0.4, 0.5) is 0 Å². The Morgan fingerprint density at radius 2 is 1.83 bits per heavy atom. The molecule has 1 aliphatic heterocycles. The third-order valence-corrected chi connectivity index (χ3v) is 4.77. The van der Waals surface area contributed by atoms with Crippen molar-refractivity contribution in [1.29, 1.82) is 5.26 Å². The van der Waals surface area contributed by atoms with E-state index in [0.717, 1.165) is 5.76 Å². The van der Waals surface area contributed by atoms with E-state index >= 15 is 0 Å². The van der Waals surface area contributed by atoms with Crippen LogP contribution in [0.1, 0.15) is 33.4 Å². The van der Waals surface area contributed by atoms with Gasteiger partial charge < -0.3 is 24.4 Å². The molecule has 1 aliphatic rings. The minimum absolute atomic E-state index is 0.0114. The van der Waals surface area contributed by atoms with Gasteiger partial charge in [0.15, 0.2) is 0 Å². The smallest absolute Gasteiger partial charge is 0.343 e. The molecule has 0 saturated carbocycles. The summed E-state index contributed by atoms with van der Waals surface area (Å²) in [5.41, 5.74) is 7.32. The highest BCUT2D eigenvalue weighted by atomic mass is 16.5. The van der Waals surface area contributed by atoms with E-state index in [1.807, 2.05) is 13.0 Å². The fourth-order valence-corrected chi connectivity index (χ4v) is 3.29. The van der Waals surface area contributed by atoms with E-state index in [2.05, 4.69) is 6.07 Å². The predicted molar refractivity (Wildman–Crippen MR) is 107 cm³/mol. The van der Waals surface area contributed by atoms with Crippen LogP contribution in [0.25, 0.3) is 0 Å². The lowest BCUT2D eigenvalue weighted by molar-refractivity contribution is 0.0734. The zero-order valence-corrected chi connectivity index (χ0v) is 16.3. The van der Waals surface area contributed by atoms with Crippen LogP contribution < -0.4 is 19.9 Å². The second-order valence-electron chi connectivity index (χ2n) is 6.69. The average Bonchev–Trinajstić information content (AvgIpc) is 3.18. The number of esters is 1. The van der Waals surface area contributed by atoms with Gasteiger partial charge in [-0.1, -0.05) is 6.07 Å². The first-order valence-corrected chi connectivity index (χ1v) is 9.14. The molecule has 0 saturated heterocycles. The molecule has 1 unspecified atom stereocenters. The van der Waals surface area contributed by atoms with Gasteiger partial charge in [0, 0.05) is 11.6 Å². The summed E-state index contributed by atoms with van der Waals surface area (Å²) in [6.45, 7) is 1.82. The van der Waals surface area contributed by atoms with Gasteiger partial charge in [-0.25, -0.2) is 4.79 Å². The number of ether oxygens (including phenoxy) is 3. The highest BCUT2D eigenvalue weighted by Gasteiger charge is 2.33. The molecular weight excluding hydrogens is 384 g/mol. The molecule has 0 amide bonds. The standard InChI is InChI=1S/C23H18N2O5/c1-13-3-10-19(28-13)21-17-9-8-16(11-20(17)30-22(25)18(21)12-24)29-23(26)14-4-6-15(27-2)7-5-14/h3-11,21H,25H2,1-2H3. The van der Waals surface area contributed by atoms with Crippen molar-refractivity contribution in [3.05, 3.63) is 88.7 Å². The van der Waals surface area contributed by atoms with E-state index in [1.165, 1.54) is 0 Å². The van der Waals surface area contributed by atoms with Crippen molar-refractivity contribution in [2.75, 3.05) is 7.11 Å². The molecular formula is C23H18N2O5. The number of nitrogens with zero attached hydrogens (tertiary/aromatic N) is 1. The number of hydrogen-bond acceptors (Lipinski definition) is 7. The van der Waals surface area contributed by atoms with Gasteiger partial charge in [0.05, 0.1) is 18.6 Å². The number of furan rings is 1. The summed E-state index contributed by atoms with van der Waals surface area (Å²) in [4.78, 5) is 12.4. The number of aryl methyl sites for hydroxylation is 1. The number of carbonyl (C=O) groups excluding carboxylic acids is 1. The minimum atomic E-state index is -0.521. The first-order chi connectivity index (χ1) is 14.5. The molecule has 7 nitrogen and oxygen atoms in total. The molecule has 0 spiro atoms. The molecule has 0 aliphatic carbocycles. The molecule has 2 heterocycles. The molecule has 150 valence electrons. The first-order valence-electron chi connectivity index (χ1n) is 9.14. The van der Waals surface area contributed by atoms with Crippen LogP contribution in [-0.2, 0) is 0 Å². The van der Waals surface area contributed by atoms with Crippen LogP contribution in [0.5, 0.6) is 17.2 Å². The van der Waals surface area contributed by atoms with Crippen LogP contribution >= 0.6 is 0 Å². The van der Waals surface area contributed by atoms with Crippen molar-refractivity contribution in [2.45, 2.75) is 12.8 Å². The number of allylic oxidation sites excluding steroid dienone is 1. The first kappa shape index (κ1) is 19.2. The second-order valence-corrected chi connectivity index (χ2v) is 6.69. The maximum absolute atomic E-state index is 12.4. The van der Waals surface area contributed by atoms with Crippen molar-refractivity contribution >= 4 is 5.97 Å². The maximum Gasteiger partial charge on any atom is 0.343 e. The Balaban J connectivity index is 1.64. The van der Waals surface area contributed by atoms with Gasteiger partial charge >= 0.3 is 5.97 Å². The Labute approximate surface area is 172 Å². The lowest BCUT2D eigenvalue weighted by Gasteiger charge is -2.25. The monoisotopic (exact) mass is 402 g/mol. The minimum Gasteiger partial charge on any atom is -0.497 e. The van der Waals surface area contributed by atoms with E-state index in [0.29, 0.717) is 28.4 Å². The van der Waals surface area contributed by atoms with Crippen molar-refractivity contribution in [3.8, 4) is 23.3 Å². The quantitative estimate of drug-likeness (QED) is 0.518. The van der Waals surface area contributed by atoms with Gasteiger partial charge in [-0.2, -0.15) is 5.26 Å². The van der Waals surface area contributed by atoms with E-state index < -0.39 is 11.9 Å². The van der Waals surface area contributed by atoms with Gasteiger partial charge in [-0.05, 0) is 49.4 Å². The average molecular weight is 402 g/mol. The molecule has 30 heavy (non-hydrogen) atoms. The van der Waals surface area contributed by atoms with E-state index in [4.69, 9.17) is 24.4 Å². The molecule has 4 rings (SSSR count). The number of rotatable bonds is 4. The number of benzene rings is 2. The van der Waals surface area contributed by atoms with E-state index in [9.17, 15) is 10.1 Å².